The number of urea groups is 1. The van der Waals surface area contributed by atoms with Gasteiger partial charge in [-0.05, 0) is 51.0 Å². The van der Waals surface area contributed by atoms with E-state index in [-0.39, 0.29) is 60.8 Å². The van der Waals surface area contributed by atoms with Crippen molar-refractivity contribution in [2.45, 2.75) is 64.0 Å². The fourth-order valence-electron chi connectivity index (χ4n) is 5.29. The van der Waals surface area contributed by atoms with Crippen LogP contribution in [0.5, 0.6) is 0 Å². The Kier molecular flexibility index (Phi) is 6.30. The molecule has 0 aromatic carbocycles. The molecule has 2 aromatic heterocycles. The highest BCUT2D eigenvalue weighted by molar-refractivity contribution is 5.74. The zero-order valence-corrected chi connectivity index (χ0v) is 19.5. The maximum absolute atomic E-state index is 15.4. The number of aryl methyl sites for hydroxylation is 1. The number of carbonyl (C=O) groups excluding carboxylic acids is 1. The highest BCUT2D eigenvalue weighted by Gasteiger charge is 2.42. The maximum Gasteiger partial charge on any atom is 0.391 e. The number of aromatic nitrogens is 3. The molecule has 3 heterocycles. The minimum Gasteiger partial charge on any atom is -0.331 e. The number of likely N-dealkylation sites (tertiary alicyclic amines) is 1. The quantitative estimate of drug-likeness (QED) is 0.574. The first-order chi connectivity index (χ1) is 15.5. The Balaban J connectivity index is 1.67. The van der Waals surface area contributed by atoms with Crippen molar-refractivity contribution in [3.8, 4) is 0 Å². The monoisotopic (exact) mass is 469 g/mol. The van der Waals surface area contributed by atoms with Crippen molar-refractivity contribution in [3.63, 3.8) is 0 Å². The number of carbonyl (C=O) groups is 1. The molecule has 0 N–H and O–H groups in total. The van der Waals surface area contributed by atoms with Crippen LogP contribution in [0.15, 0.2) is 6.07 Å². The first kappa shape index (κ1) is 23.8. The number of rotatable bonds is 2. The number of fused-ring (bicyclic) bond motifs is 1. The Morgan fingerprint density at radius 2 is 1.82 bits per heavy atom. The fraction of sp³-hybridized carbons (Fsp3) is 0.696. The molecule has 0 radical (unpaired) electrons. The fourth-order valence-corrected chi connectivity index (χ4v) is 5.29. The third-order valence-corrected chi connectivity index (χ3v) is 7.28. The smallest absolute Gasteiger partial charge is 0.331 e. The second kappa shape index (κ2) is 8.76. The van der Waals surface area contributed by atoms with E-state index in [2.05, 4.69) is 17.0 Å². The summed E-state index contributed by atoms with van der Waals surface area (Å²) in [4.78, 5) is 20.3. The molecule has 2 atom stereocenters. The molecule has 182 valence electrons. The molecular weight excluding hydrogens is 438 g/mol. The van der Waals surface area contributed by atoms with Crippen molar-refractivity contribution >= 4 is 11.7 Å². The second-order valence-corrected chi connectivity index (χ2v) is 9.84. The van der Waals surface area contributed by atoms with Gasteiger partial charge in [-0.1, -0.05) is 6.92 Å². The predicted molar refractivity (Wildman–Crippen MR) is 116 cm³/mol. The second-order valence-electron chi connectivity index (χ2n) is 9.84. The molecular formula is C23H31F4N5O. The lowest BCUT2D eigenvalue weighted by atomic mass is 9.80. The topological polar surface area (TPSA) is 53.7 Å². The summed E-state index contributed by atoms with van der Waals surface area (Å²) in [5, 5.41) is 4.56. The molecule has 0 spiro atoms. The molecule has 10 heteroatoms. The van der Waals surface area contributed by atoms with Gasteiger partial charge in [0.05, 0.1) is 11.6 Å². The summed E-state index contributed by atoms with van der Waals surface area (Å²) >= 11 is 0. The zero-order valence-electron chi connectivity index (χ0n) is 19.5. The molecule has 33 heavy (non-hydrogen) atoms. The van der Waals surface area contributed by atoms with E-state index >= 15 is 4.39 Å². The Morgan fingerprint density at radius 3 is 2.42 bits per heavy atom. The van der Waals surface area contributed by atoms with Crippen LogP contribution in [-0.4, -0.2) is 63.8 Å². The van der Waals surface area contributed by atoms with Crippen molar-refractivity contribution in [1.82, 2.24) is 24.4 Å². The number of nitrogens with zero attached hydrogens (tertiary/aromatic N) is 5. The Labute approximate surface area is 190 Å². The molecule has 2 aliphatic rings. The van der Waals surface area contributed by atoms with Gasteiger partial charge in [-0.3, -0.25) is 0 Å². The number of halogens is 4. The summed E-state index contributed by atoms with van der Waals surface area (Å²) in [6.07, 6.45) is -2.91. The molecule has 6 nitrogen and oxygen atoms in total. The van der Waals surface area contributed by atoms with Crippen molar-refractivity contribution in [2.24, 2.45) is 11.8 Å². The first-order valence-electron chi connectivity index (χ1n) is 11.6. The Bertz CT molecular complexity index is 1030. The van der Waals surface area contributed by atoms with E-state index in [1.165, 1.54) is 4.52 Å². The van der Waals surface area contributed by atoms with Gasteiger partial charge < -0.3 is 9.80 Å². The van der Waals surface area contributed by atoms with Crippen LogP contribution in [-0.2, 0) is 0 Å². The van der Waals surface area contributed by atoms with Crippen LogP contribution in [0.2, 0.25) is 0 Å². The van der Waals surface area contributed by atoms with E-state index in [9.17, 15) is 18.0 Å². The third-order valence-electron chi connectivity index (χ3n) is 7.28. The van der Waals surface area contributed by atoms with E-state index < -0.39 is 17.9 Å². The minimum absolute atomic E-state index is 0.0118. The number of amides is 2. The summed E-state index contributed by atoms with van der Waals surface area (Å²) in [5.74, 6) is -2.03. The number of alkyl halides is 3. The molecule has 2 aromatic rings. The van der Waals surface area contributed by atoms with Gasteiger partial charge in [0.25, 0.3) is 0 Å². The normalized spacial score (nSPS) is 26.6. The third kappa shape index (κ3) is 4.53. The maximum atomic E-state index is 15.4. The number of piperidine rings is 1. The summed E-state index contributed by atoms with van der Waals surface area (Å²) in [5.41, 5.74) is 1.75. The first-order valence-corrected chi connectivity index (χ1v) is 11.6. The van der Waals surface area contributed by atoms with Gasteiger partial charge in [-0.2, -0.15) is 18.3 Å². The Hall–Kier alpha value is -2.39. The zero-order chi connectivity index (χ0) is 24.1. The average Bonchev–Trinajstić information content (AvgIpc) is 3.09. The minimum atomic E-state index is -4.21. The van der Waals surface area contributed by atoms with Crippen LogP contribution in [0.3, 0.4) is 0 Å². The SMILES string of the molecule is Cc1cc([C@@H]2CN(C(=O)N(C)C)CC[C@@H]2C)n2nc([C@H]3CC[C@H](C(F)(F)F)CC3)c(F)c2n1. The van der Waals surface area contributed by atoms with Gasteiger partial charge >= 0.3 is 12.2 Å². The van der Waals surface area contributed by atoms with Gasteiger partial charge in [0.15, 0.2) is 11.5 Å². The summed E-state index contributed by atoms with van der Waals surface area (Å²) in [7, 11) is 3.43. The van der Waals surface area contributed by atoms with Gasteiger partial charge in [0.2, 0.25) is 0 Å². The van der Waals surface area contributed by atoms with Crippen molar-refractivity contribution < 1.29 is 22.4 Å². The summed E-state index contributed by atoms with van der Waals surface area (Å²) in [6, 6.07) is 1.82. The molecule has 2 fully saturated rings. The van der Waals surface area contributed by atoms with Crippen LogP contribution in [0.4, 0.5) is 22.4 Å². The largest absolute Gasteiger partial charge is 0.391 e. The van der Waals surface area contributed by atoms with E-state index in [0.29, 0.717) is 18.8 Å². The van der Waals surface area contributed by atoms with Gasteiger partial charge in [-0.15, -0.1) is 0 Å². The molecule has 0 bridgehead atoms. The van der Waals surface area contributed by atoms with Crippen LogP contribution in [0.1, 0.15) is 67.9 Å². The van der Waals surface area contributed by atoms with Gasteiger partial charge in [0, 0.05) is 44.7 Å². The Morgan fingerprint density at radius 1 is 1.15 bits per heavy atom. The summed E-state index contributed by atoms with van der Waals surface area (Å²) in [6.45, 7) is 5.05. The van der Waals surface area contributed by atoms with Crippen LogP contribution in [0, 0.1) is 24.6 Å². The van der Waals surface area contributed by atoms with E-state index in [1.807, 2.05) is 6.07 Å². The number of hydrogen-bond donors (Lipinski definition) is 0. The highest BCUT2D eigenvalue weighted by Crippen LogP contribution is 2.43. The molecule has 2 amide bonds. The van der Waals surface area contributed by atoms with Crippen molar-refractivity contribution in [1.29, 1.82) is 0 Å². The standard InChI is InChI=1S/C23H31F4N5O/c1-13-9-10-31(22(33)30(3)4)12-17(13)18-11-14(2)28-21-19(24)20(29-32(18)21)15-5-7-16(8-6-15)23(25,26)27/h11,13,15-17H,5-10,12H2,1-4H3/t13-,15-,16-,17+/m0/s1. The highest BCUT2D eigenvalue weighted by atomic mass is 19.4. The molecule has 1 saturated heterocycles. The molecule has 1 saturated carbocycles. The summed E-state index contributed by atoms with van der Waals surface area (Å²) < 4.78 is 56.1. The number of hydrogen-bond acceptors (Lipinski definition) is 3. The van der Waals surface area contributed by atoms with Crippen LogP contribution >= 0.6 is 0 Å². The molecule has 0 unspecified atom stereocenters. The van der Waals surface area contributed by atoms with Gasteiger partial charge in [0.1, 0.15) is 5.69 Å². The predicted octanol–water partition coefficient (Wildman–Crippen LogP) is 5.12. The lowest BCUT2D eigenvalue weighted by Gasteiger charge is -2.38. The lowest BCUT2D eigenvalue weighted by molar-refractivity contribution is -0.182. The van der Waals surface area contributed by atoms with Crippen molar-refractivity contribution in [3.05, 3.63) is 29.0 Å². The van der Waals surface area contributed by atoms with E-state index in [1.54, 1.807) is 30.8 Å². The van der Waals surface area contributed by atoms with Crippen LogP contribution < -0.4 is 0 Å². The molecule has 4 rings (SSSR count). The lowest BCUT2D eigenvalue weighted by Crippen LogP contribution is -2.46. The average molecular weight is 470 g/mol. The van der Waals surface area contributed by atoms with Gasteiger partial charge in [-0.25, -0.2) is 18.7 Å². The molecule has 1 aliphatic carbocycles. The van der Waals surface area contributed by atoms with Crippen LogP contribution in [0.25, 0.3) is 5.65 Å². The molecule has 1 aliphatic heterocycles. The van der Waals surface area contributed by atoms with E-state index in [4.69, 9.17) is 0 Å². The van der Waals surface area contributed by atoms with Crippen molar-refractivity contribution in [2.75, 3.05) is 27.2 Å². The van der Waals surface area contributed by atoms with E-state index in [0.717, 1.165) is 12.1 Å².